The molecule has 0 fully saturated rings. The summed E-state index contributed by atoms with van der Waals surface area (Å²) >= 11 is -0.488. The molecule has 1 aromatic carbocycles. The molecule has 0 aliphatic carbocycles. The third-order valence-corrected chi connectivity index (χ3v) is 2.89. The van der Waals surface area contributed by atoms with E-state index >= 15 is 0 Å². The van der Waals surface area contributed by atoms with Gasteiger partial charge in [-0.1, -0.05) is 12.1 Å². The van der Waals surface area contributed by atoms with E-state index in [0.29, 0.717) is 0 Å². The highest BCUT2D eigenvalue weighted by Crippen LogP contribution is 2.42. The topological polar surface area (TPSA) is 26.3 Å². The molecule has 0 spiro atoms. The summed E-state index contributed by atoms with van der Waals surface area (Å²) in [7, 11) is 0. The summed E-state index contributed by atoms with van der Waals surface area (Å²) in [4.78, 5) is 11.5. The number of carbonyl (C=O) groups excluding carboxylic acids is 1. The summed E-state index contributed by atoms with van der Waals surface area (Å²) in [5.41, 5.74) is -4.52. The zero-order valence-electron chi connectivity index (χ0n) is 9.33. The molecule has 0 heterocycles. The number of halogens is 4. The van der Waals surface area contributed by atoms with Crippen LogP contribution in [0.1, 0.15) is 17.7 Å². The Balaban J connectivity index is 2.96. The molecule has 0 saturated heterocycles. The molecule has 18 heavy (non-hydrogen) atoms. The Morgan fingerprint density at radius 1 is 1.33 bits per heavy atom. The summed E-state index contributed by atoms with van der Waals surface area (Å²) in [5.74, 6) is -1.58. The summed E-state index contributed by atoms with van der Waals surface area (Å²) in [5, 5.41) is -1.54. The van der Waals surface area contributed by atoms with Crippen LogP contribution in [0.2, 0.25) is 0 Å². The normalized spacial score (nSPS) is 13.2. The number of carbonyl (C=O) groups is 1. The Morgan fingerprint density at radius 3 is 2.33 bits per heavy atom. The lowest BCUT2D eigenvalue weighted by molar-refractivity contribution is -0.142. The van der Waals surface area contributed by atoms with Crippen LogP contribution in [0.25, 0.3) is 0 Å². The molecule has 0 aliphatic heterocycles. The van der Waals surface area contributed by atoms with Crippen LogP contribution in [-0.4, -0.2) is 18.1 Å². The SMILES string of the molecule is CCOC(=O)C(SC(F)(F)F)c1ccc(F)cc1. The summed E-state index contributed by atoms with van der Waals surface area (Å²) in [6.07, 6.45) is 0. The quantitative estimate of drug-likeness (QED) is 0.622. The van der Waals surface area contributed by atoms with Crippen molar-refractivity contribution in [3.05, 3.63) is 35.6 Å². The lowest BCUT2D eigenvalue weighted by Gasteiger charge is -2.16. The molecule has 100 valence electrons. The van der Waals surface area contributed by atoms with Gasteiger partial charge in [0.15, 0.2) is 0 Å². The van der Waals surface area contributed by atoms with Crippen LogP contribution in [0.15, 0.2) is 24.3 Å². The Morgan fingerprint density at radius 2 is 1.89 bits per heavy atom. The van der Waals surface area contributed by atoms with Crippen LogP contribution >= 0.6 is 11.8 Å². The molecule has 1 rings (SSSR count). The standard InChI is InChI=1S/C11H10F4O2S/c1-2-17-10(16)9(18-11(13,14)15)7-3-5-8(12)6-4-7/h3-6,9H,2H2,1H3. The first-order chi connectivity index (χ1) is 8.33. The van der Waals surface area contributed by atoms with E-state index in [1.165, 1.54) is 6.92 Å². The Hall–Kier alpha value is -1.24. The van der Waals surface area contributed by atoms with Crippen LogP contribution in [0, 0.1) is 5.82 Å². The van der Waals surface area contributed by atoms with Gasteiger partial charge in [0.05, 0.1) is 6.61 Å². The highest BCUT2D eigenvalue weighted by Gasteiger charge is 2.38. The monoisotopic (exact) mass is 282 g/mol. The van der Waals surface area contributed by atoms with E-state index in [1.807, 2.05) is 0 Å². The van der Waals surface area contributed by atoms with Crippen molar-refractivity contribution in [1.82, 2.24) is 0 Å². The molecule has 0 aromatic heterocycles. The highest BCUT2D eigenvalue weighted by atomic mass is 32.2. The number of rotatable bonds is 4. The molecule has 0 N–H and O–H groups in total. The van der Waals surface area contributed by atoms with Gasteiger partial charge in [-0.2, -0.15) is 13.2 Å². The van der Waals surface area contributed by atoms with Crippen molar-refractivity contribution in [2.75, 3.05) is 6.61 Å². The zero-order valence-corrected chi connectivity index (χ0v) is 10.1. The summed E-state index contributed by atoms with van der Waals surface area (Å²) in [6.45, 7) is 1.48. The van der Waals surface area contributed by atoms with Gasteiger partial charge in [0.25, 0.3) is 0 Å². The van der Waals surface area contributed by atoms with Gasteiger partial charge in [-0.15, -0.1) is 0 Å². The first-order valence-corrected chi connectivity index (χ1v) is 5.88. The van der Waals surface area contributed by atoms with Gasteiger partial charge in [0.2, 0.25) is 0 Å². The van der Waals surface area contributed by atoms with Crippen molar-refractivity contribution in [3.8, 4) is 0 Å². The second-order valence-corrected chi connectivity index (χ2v) is 4.42. The average molecular weight is 282 g/mol. The molecule has 0 amide bonds. The van der Waals surface area contributed by atoms with Gasteiger partial charge < -0.3 is 4.74 Å². The molecule has 1 atom stereocenters. The molecule has 0 radical (unpaired) electrons. The van der Waals surface area contributed by atoms with Crippen LogP contribution in [0.4, 0.5) is 17.6 Å². The fraction of sp³-hybridized carbons (Fsp3) is 0.364. The van der Waals surface area contributed by atoms with Gasteiger partial charge in [-0.05, 0) is 36.4 Å². The van der Waals surface area contributed by atoms with E-state index < -0.39 is 34.3 Å². The lowest BCUT2D eigenvalue weighted by Crippen LogP contribution is -2.17. The van der Waals surface area contributed by atoms with Crippen molar-refractivity contribution in [1.29, 1.82) is 0 Å². The van der Waals surface area contributed by atoms with E-state index in [2.05, 4.69) is 4.74 Å². The molecule has 7 heteroatoms. The maximum atomic E-state index is 12.7. The molecule has 1 unspecified atom stereocenters. The smallest absolute Gasteiger partial charge is 0.442 e. The third-order valence-electron chi connectivity index (χ3n) is 1.92. The Bertz CT molecular complexity index is 402. The first kappa shape index (κ1) is 14.8. The third kappa shape index (κ3) is 4.56. The maximum Gasteiger partial charge on any atom is 0.442 e. The zero-order chi connectivity index (χ0) is 13.8. The van der Waals surface area contributed by atoms with Gasteiger partial charge >= 0.3 is 11.5 Å². The predicted octanol–water partition coefficient (Wildman–Crippen LogP) is 3.68. The van der Waals surface area contributed by atoms with Crippen LogP contribution in [0.5, 0.6) is 0 Å². The molecule has 0 bridgehead atoms. The van der Waals surface area contributed by atoms with E-state index in [1.54, 1.807) is 0 Å². The molecule has 1 aromatic rings. The summed E-state index contributed by atoms with van der Waals surface area (Å²) < 4.78 is 54.3. The highest BCUT2D eigenvalue weighted by molar-refractivity contribution is 8.01. The van der Waals surface area contributed by atoms with Crippen molar-refractivity contribution in [2.45, 2.75) is 17.7 Å². The van der Waals surface area contributed by atoms with Crippen LogP contribution in [-0.2, 0) is 9.53 Å². The molecule has 0 saturated carbocycles. The van der Waals surface area contributed by atoms with E-state index in [0.717, 1.165) is 24.3 Å². The number of alkyl halides is 3. The minimum Gasteiger partial charge on any atom is -0.465 e. The van der Waals surface area contributed by atoms with Gasteiger partial charge in [0.1, 0.15) is 11.1 Å². The molecular weight excluding hydrogens is 272 g/mol. The van der Waals surface area contributed by atoms with Crippen LogP contribution in [0.3, 0.4) is 0 Å². The summed E-state index contributed by atoms with van der Waals surface area (Å²) in [6, 6.07) is 4.27. The minimum absolute atomic E-state index is 0.0189. The number of hydrogen-bond acceptors (Lipinski definition) is 3. The van der Waals surface area contributed by atoms with E-state index in [-0.39, 0.29) is 12.2 Å². The van der Waals surface area contributed by atoms with Crippen molar-refractivity contribution >= 4 is 17.7 Å². The second-order valence-electron chi connectivity index (χ2n) is 3.25. The maximum absolute atomic E-state index is 12.7. The van der Waals surface area contributed by atoms with Crippen LogP contribution < -0.4 is 0 Å². The van der Waals surface area contributed by atoms with Crippen molar-refractivity contribution < 1.29 is 27.1 Å². The number of esters is 1. The lowest BCUT2D eigenvalue weighted by atomic mass is 10.1. The first-order valence-electron chi connectivity index (χ1n) is 5.00. The van der Waals surface area contributed by atoms with Gasteiger partial charge in [0, 0.05) is 0 Å². The molecule has 2 nitrogen and oxygen atoms in total. The van der Waals surface area contributed by atoms with Crippen molar-refractivity contribution in [2.24, 2.45) is 0 Å². The largest absolute Gasteiger partial charge is 0.465 e. The Kier molecular flexibility index (Phi) is 5.01. The average Bonchev–Trinajstić information content (AvgIpc) is 2.26. The number of hydrogen-bond donors (Lipinski definition) is 0. The van der Waals surface area contributed by atoms with E-state index in [9.17, 15) is 22.4 Å². The molecule has 0 aliphatic rings. The van der Waals surface area contributed by atoms with Gasteiger partial charge in [-0.25, -0.2) is 4.39 Å². The van der Waals surface area contributed by atoms with E-state index in [4.69, 9.17) is 0 Å². The minimum atomic E-state index is -4.58. The second kappa shape index (κ2) is 6.08. The number of benzene rings is 1. The van der Waals surface area contributed by atoms with Gasteiger partial charge in [-0.3, -0.25) is 4.79 Å². The predicted molar refractivity (Wildman–Crippen MR) is 59.4 cm³/mol. The Labute approximate surface area is 105 Å². The number of ether oxygens (including phenoxy) is 1. The number of thioether (sulfide) groups is 1. The fourth-order valence-electron chi connectivity index (χ4n) is 1.24. The fourth-order valence-corrected chi connectivity index (χ4v) is 1.97. The van der Waals surface area contributed by atoms with Crippen molar-refractivity contribution in [3.63, 3.8) is 0 Å². The molecular formula is C11H10F4O2S.